The van der Waals surface area contributed by atoms with E-state index in [-0.39, 0.29) is 11.0 Å². The first-order valence-electron chi connectivity index (χ1n) is 10.9. The van der Waals surface area contributed by atoms with Gasteiger partial charge in [0.15, 0.2) is 9.84 Å². The van der Waals surface area contributed by atoms with Gasteiger partial charge in [-0.05, 0) is 71.7 Å². The number of carbonyl (C=O) groups excluding carboxylic acids is 1. The minimum absolute atomic E-state index is 0.261. The van der Waals surface area contributed by atoms with Crippen LogP contribution in [0.2, 0.25) is 0 Å². The van der Waals surface area contributed by atoms with Gasteiger partial charge in [-0.2, -0.15) is 0 Å². The Kier molecular flexibility index (Phi) is 7.70. The summed E-state index contributed by atoms with van der Waals surface area (Å²) in [6.07, 6.45) is 1.90. The SMILES string of the molecule is Cc1sc(C2CCN(OC(=O)OC(C)(C)C)CC2)nc1C(C)Oc1ccc(S(C)(=O)=O)cc1. The second-order valence-electron chi connectivity index (χ2n) is 9.26. The molecular weight excluding hydrogens is 464 g/mol. The van der Waals surface area contributed by atoms with Crippen LogP contribution in [0.1, 0.15) is 68.1 Å². The Hall–Kier alpha value is -2.17. The van der Waals surface area contributed by atoms with E-state index in [1.165, 1.54) is 6.26 Å². The summed E-state index contributed by atoms with van der Waals surface area (Å²) in [5, 5.41) is 2.71. The van der Waals surface area contributed by atoms with Crippen LogP contribution in [0.25, 0.3) is 0 Å². The topological polar surface area (TPSA) is 95.0 Å². The molecule has 1 aromatic heterocycles. The zero-order chi connectivity index (χ0) is 24.4. The van der Waals surface area contributed by atoms with E-state index in [9.17, 15) is 13.2 Å². The maximum absolute atomic E-state index is 11.9. The zero-order valence-corrected chi connectivity index (χ0v) is 21.6. The lowest BCUT2D eigenvalue weighted by Gasteiger charge is -2.30. The number of rotatable bonds is 6. The quantitative estimate of drug-likeness (QED) is 0.513. The second kappa shape index (κ2) is 9.99. The first-order chi connectivity index (χ1) is 15.3. The second-order valence-corrected chi connectivity index (χ2v) is 12.5. The Bertz CT molecular complexity index is 1070. The monoisotopic (exact) mass is 496 g/mol. The van der Waals surface area contributed by atoms with Gasteiger partial charge in [-0.15, -0.1) is 16.4 Å². The Balaban J connectivity index is 1.57. The standard InChI is InChI=1S/C23H32N2O6S2/c1-15(29-18-7-9-19(10-8-18)33(6,27)28)20-16(2)32-21(24-20)17-11-13-25(14-12-17)31-22(26)30-23(3,4)5/h7-10,15,17H,11-14H2,1-6H3. The highest BCUT2D eigenvalue weighted by Crippen LogP contribution is 2.35. The lowest BCUT2D eigenvalue weighted by atomic mass is 9.99. The maximum Gasteiger partial charge on any atom is 0.528 e. The number of thiazole rings is 1. The van der Waals surface area contributed by atoms with Crippen LogP contribution in [-0.4, -0.2) is 49.6 Å². The van der Waals surface area contributed by atoms with Gasteiger partial charge in [0.25, 0.3) is 0 Å². The molecule has 0 saturated carbocycles. The zero-order valence-electron chi connectivity index (χ0n) is 20.0. The highest BCUT2D eigenvalue weighted by molar-refractivity contribution is 7.90. The molecule has 1 fully saturated rings. The molecule has 33 heavy (non-hydrogen) atoms. The van der Waals surface area contributed by atoms with Gasteiger partial charge in [-0.3, -0.25) is 0 Å². The van der Waals surface area contributed by atoms with E-state index in [1.807, 2.05) is 13.8 Å². The lowest BCUT2D eigenvalue weighted by molar-refractivity contribution is -0.152. The van der Waals surface area contributed by atoms with Crippen LogP contribution in [0.15, 0.2) is 29.2 Å². The number of piperidine rings is 1. The van der Waals surface area contributed by atoms with E-state index in [0.29, 0.717) is 24.8 Å². The van der Waals surface area contributed by atoms with Gasteiger partial charge in [0.05, 0.1) is 15.6 Å². The molecule has 1 aliphatic rings. The summed E-state index contributed by atoms with van der Waals surface area (Å²) >= 11 is 1.67. The summed E-state index contributed by atoms with van der Waals surface area (Å²) < 4.78 is 34.5. The number of benzene rings is 1. The Morgan fingerprint density at radius 2 is 1.79 bits per heavy atom. The molecule has 1 aromatic carbocycles. The van der Waals surface area contributed by atoms with Crippen LogP contribution in [0.5, 0.6) is 5.75 Å². The number of aromatic nitrogens is 1. The number of hydrogen-bond acceptors (Lipinski definition) is 9. The highest BCUT2D eigenvalue weighted by atomic mass is 32.2. The summed E-state index contributed by atoms with van der Waals surface area (Å²) in [6.45, 7) is 10.6. The molecule has 3 rings (SSSR count). The van der Waals surface area contributed by atoms with Gasteiger partial charge in [0.1, 0.15) is 17.5 Å². The number of hydroxylamine groups is 2. The van der Waals surface area contributed by atoms with Crippen molar-refractivity contribution in [1.29, 1.82) is 0 Å². The number of ether oxygens (including phenoxy) is 2. The van der Waals surface area contributed by atoms with Gasteiger partial charge in [0.2, 0.25) is 0 Å². The average Bonchev–Trinajstić information content (AvgIpc) is 3.08. The van der Waals surface area contributed by atoms with E-state index in [0.717, 1.165) is 28.4 Å². The minimum atomic E-state index is -3.24. The molecule has 1 unspecified atom stereocenters. The number of nitrogens with zero attached hydrogens (tertiary/aromatic N) is 2. The third-order valence-corrected chi connectivity index (χ3v) is 7.47. The lowest BCUT2D eigenvalue weighted by Crippen LogP contribution is -2.37. The van der Waals surface area contributed by atoms with Crippen molar-refractivity contribution < 1.29 is 27.5 Å². The van der Waals surface area contributed by atoms with Crippen molar-refractivity contribution in [1.82, 2.24) is 10.0 Å². The van der Waals surface area contributed by atoms with Crippen LogP contribution >= 0.6 is 11.3 Å². The summed E-state index contributed by atoms with van der Waals surface area (Å²) in [5.74, 6) is 0.888. The van der Waals surface area contributed by atoms with E-state index >= 15 is 0 Å². The fraction of sp³-hybridized carbons (Fsp3) is 0.565. The average molecular weight is 497 g/mol. The van der Waals surface area contributed by atoms with E-state index in [4.69, 9.17) is 19.3 Å². The van der Waals surface area contributed by atoms with Crippen LogP contribution in [0.4, 0.5) is 4.79 Å². The van der Waals surface area contributed by atoms with E-state index < -0.39 is 21.6 Å². The normalized spacial score (nSPS) is 16.9. The van der Waals surface area contributed by atoms with Crippen LogP contribution in [0.3, 0.4) is 0 Å². The predicted molar refractivity (Wildman–Crippen MR) is 126 cm³/mol. The fourth-order valence-electron chi connectivity index (χ4n) is 3.57. The molecule has 1 aliphatic heterocycles. The van der Waals surface area contributed by atoms with Crippen molar-refractivity contribution in [2.24, 2.45) is 0 Å². The van der Waals surface area contributed by atoms with Crippen molar-refractivity contribution in [2.75, 3.05) is 19.3 Å². The number of sulfone groups is 1. The van der Waals surface area contributed by atoms with Gasteiger partial charge in [0, 0.05) is 30.1 Å². The van der Waals surface area contributed by atoms with Crippen molar-refractivity contribution in [3.05, 3.63) is 39.8 Å². The highest BCUT2D eigenvalue weighted by Gasteiger charge is 2.28. The van der Waals surface area contributed by atoms with Gasteiger partial charge in [-0.1, -0.05) is 0 Å². The van der Waals surface area contributed by atoms with Crippen LogP contribution in [-0.2, 0) is 19.4 Å². The van der Waals surface area contributed by atoms with Gasteiger partial charge in [-0.25, -0.2) is 18.2 Å². The molecule has 10 heteroatoms. The minimum Gasteiger partial charge on any atom is -0.484 e. The molecule has 0 spiro atoms. The summed E-state index contributed by atoms with van der Waals surface area (Å²) in [4.78, 5) is 23.4. The molecular formula is C23H32N2O6S2. The van der Waals surface area contributed by atoms with Crippen molar-refractivity contribution in [3.63, 3.8) is 0 Å². The van der Waals surface area contributed by atoms with Crippen LogP contribution < -0.4 is 4.74 Å². The Morgan fingerprint density at radius 1 is 1.18 bits per heavy atom. The largest absolute Gasteiger partial charge is 0.528 e. The Labute approximate surface area is 199 Å². The predicted octanol–water partition coefficient (Wildman–Crippen LogP) is 5.04. The molecule has 8 nitrogen and oxygen atoms in total. The molecule has 1 atom stereocenters. The first kappa shape index (κ1) is 25.5. The molecule has 0 N–H and O–H groups in total. The molecule has 2 aromatic rings. The number of hydrogen-bond donors (Lipinski definition) is 0. The number of carbonyl (C=O) groups is 1. The van der Waals surface area contributed by atoms with Crippen LogP contribution in [0, 0.1) is 6.92 Å². The third kappa shape index (κ3) is 7.15. The molecule has 0 radical (unpaired) electrons. The molecule has 0 amide bonds. The van der Waals surface area contributed by atoms with Crippen molar-refractivity contribution in [3.8, 4) is 5.75 Å². The Morgan fingerprint density at radius 3 is 2.33 bits per heavy atom. The summed E-state index contributed by atoms with van der Waals surface area (Å²) in [7, 11) is -3.24. The maximum atomic E-state index is 11.9. The fourth-order valence-corrected chi connectivity index (χ4v) is 5.38. The molecule has 0 bridgehead atoms. The van der Waals surface area contributed by atoms with Crippen molar-refractivity contribution >= 4 is 27.3 Å². The summed E-state index contributed by atoms with van der Waals surface area (Å²) in [6, 6.07) is 6.42. The van der Waals surface area contributed by atoms with Gasteiger partial charge >= 0.3 is 6.16 Å². The molecule has 2 heterocycles. The van der Waals surface area contributed by atoms with Gasteiger partial charge < -0.3 is 14.3 Å². The number of aryl methyl sites for hydroxylation is 1. The van der Waals surface area contributed by atoms with E-state index in [1.54, 1.807) is 61.4 Å². The molecule has 182 valence electrons. The molecule has 1 saturated heterocycles. The van der Waals surface area contributed by atoms with Crippen molar-refractivity contribution in [2.45, 2.75) is 70.0 Å². The first-order valence-corrected chi connectivity index (χ1v) is 13.6. The summed E-state index contributed by atoms with van der Waals surface area (Å²) in [5.41, 5.74) is 0.299. The molecule has 0 aliphatic carbocycles. The third-order valence-electron chi connectivity index (χ3n) is 5.20. The van der Waals surface area contributed by atoms with E-state index in [2.05, 4.69) is 0 Å². The smallest absolute Gasteiger partial charge is 0.484 e.